The standard InChI is InChI=1S/C24H36O3Si/c1-18(2)28(19(3)4,20(5)6)15-14-23(27-17-26-8)24(25)21(7)16-22-12-10-9-11-13-22/h9-13,16,18-20,23H,17H2,1-8H3/b21-16+. The number of hydrogen-bond donors (Lipinski definition) is 0. The van der Waals surface area contributed by atoms with Gasteiger partial charge in [-0.05, 0) is 40.8 Å². The maximum Gasteiger partial charge on any atom is 0.199 e. The molecule has 0 saturated carbocycles. The number of carbonyl (C=O) groups is 1. The average molecular weight is 401 g/mol. The Balaban J connectivity index is 3.26. The summed E-state index contributed by atoms with van der Waals surface area (Å²) in [6.45, 7) is 15.4. The quantitative estimate of drug-likeness (QED) is 0.225. The van der Waals surface area contributed by atoms with Crippen LogP contribution in [0.2, 0.25) is 16.6 Å². The van der Waals surface area contributed by atoms with Crippen LogP contribution in [0.4, 0.5) is 0 Å². The Morgan fingerprint density at radius 2 is 1.57 bits per heavy atom. The summed E-state index contributed by atoms with van der Waals surface area (Å²) in [6, 6.07) is 9.81. The van der Waals surface area contributed by atoms with Crippen LogP contribution in [-0.2, 0) is 14.3 Å². The van der Waals surface area contributed by atoms with Gasteiger partial charge in [0.1, 0.15) is 14.9 Å². The van der Waals surface area contributed by atoms with Gasteiger partial charge in [-0.15, -0.1) is 5.54 Å². The van der Waals surface area contributed by atoms with E-state index < -0.39 is 14.2 Å². The van der Waals surface area contributed by atoms with Gasteiger partial charge in [0.2, 0.25) is 0 Å². The van der Waals surface area contributed by atoms with Crippen molar-refractivity contribution in [3.63, 3.8) is 0 Å². The molecule has 0 radical (unpaired) electrons. The molecule has 0 aliphatic carbocycles. The molecule has 4 heteroatoms. The van der Waals surface area contributed by atoms with Gasteiger partial charge in [-0.1, -0.05) is 77.8 Å². The maximum absolute atomic E-state index is 13.0. The number of rotatable bonds is 9. The highest BCUT2D eigenvalue weighted by Crippen LogP contribution is 2.40. The highest BCUT2D eigenvalue weighted by Gasteiger charge is 2.42. The van der Waals surface area contributed by atoms with Crippen molar-refractivity contribution >= 4 is 19.9 Å². The van der Waals surface area contributed by atoms with Gasteiger partial charge in [0.15, 0.2) is 11.9 Å². The third-order valence-corrected chi connectivity index (χ3v) is 11.8. The fourth-order valence-corrected chi connectivity index (χ4v) is 9.27. The normalized spacial score (nSPS) is 13.6. The van der Waals surface area contributed by atoms with Crippen molar-refractivity contribution in [1.82, 2.24) is 0 Å². The Bertz CT molecular complexity index is 687. The molecule has 1 unspecified atom stereocenters. The summed E-state index contributed by atoms with van der Waals surface area (Å²) >= 11 is 0. The third kappa shape index (κ3) is 6.17. The zero-order chi connectivity index (χ0) is 21.3. The second kappa shape index (κ2) is 11.4. The SMILES string of the molecule is COCOC(C#C[Si](C(C)C)(C(C)C)C(C)C)C(=O)/C(C)=C/c1ccccc1. The molecule has 0 aliphatic rings. The van der Waals surface area contributed by atoms with E-state index in [2.05, 4.69) is 53.0 Å². The first-order valence-electron chi connectivity index (χ1n) is 10.1. The van der Waals surface area contributed by atoms with Crippen LogP contribution in [0.3, 0.4) is 0 Å². The molecule has 0 N–H and O–H groups in total. The van der Waals surface area contributed by atoms with Crippen LogP contribution >= 0.6 is 0 Å². The second-order valence-corrected chi connectivity index (χ2v) is 13.8. The minimum atomic E-state index is -1.94. The summed E-state index contributed by atoms with van der Waals surface area (Å²) in [6.07, 6.45) is 1.08. The van der Waals surface area contributed by atoms with Crippen LogP contribution in [-0.4, -0.2) is 33.9 Å². The molecule has 0 aliphatic heterocycles. The predicted molar refractivity (Wildman–Crippen MR) is 121 cm³/mol. The lowest BCUT2D eigenvalue weighted by molar-refractivity contribution is -0.130. The van der Waals surface area contributed by atoms with Gasteiger partial charge >= 0.3 is 0 Å². The van der Waals surface area contributed by atoms with E-state index in [1.165, 1.54) is 0 Å². The Hall–Kier alpha value is -1.67. The number of ketones is 1. The molecule has 0 fully saturated rings. The molecule has 1 aromatic rings. The van der Waals surface area contributed by atoms with Gasteiger partial charge in [-0.2, -0.15) is 0 Å². The van der Waals surface area contributed by atoms with Crippen molar-refractivity contribution in [1.29, 1.82) is 0 Å². The number of ether oxygens (including phenoxy) is 2. The summed E-state index contributed by atoms with van der Waals surface area (Å²) in [5.74, 6) is 3.12. The molecular formula is C24H36O3Si. The van der Waals surface area contributed by atoms with Crippen molar-refractivity contribution in [2.24, 2.45) is 0 Å². The smallest absolute Gasteiger partial charge is 0.199 e. The minimum Gasteiger partial charge on any atom is -0.359 e. The summed E-state index contributed by atoms with van der Waals surface area (Å²) < 4.78 is 10.7. The number of hydrogen-bond acceptors (Lipinski definition) is 3. The highest BCUT2D eigenvalue weighted by molar-refractivity contribution is 6.90. The first-order chi connectivity index (χ1) is 13.2. The number of carbonyl (C=O) groups excluding carboxylic acids is 1. The highest BCUT2D eigenvalue weighted by atomic mass is 28.3. The molecule has 0 bridgehead atoms. The summed E-state index contributed by atoms with van der Waals surface area (Å²) in [4.78, 5) is 13.0. The first kappa shape index (κ1) is 24.4. The zero-order valence-electron chi connectivity index (χ0n) is 18.7. The zero-order valence-corrected chi connectivity index (χ0v) is 19.7. The summed E-state index contributed by atoms with van der Waals surface area (Å²) in [7, 11) is -0.385. The number of Topliss-reactive ketones (excluding diaryl/α,β-unsaturated/α-hetero) is 1. The predicted octanol–water partition coefficient (Wildman–Crippen LogP) is 5.87. The van der Waals surface area contributed by atoms with Gasteiger partial charge in [-0.3, -0.25) is 4.79 Å². The fraction of sp³-hybridized carbons (Fsp3) is 0.542. The molecule has 0 aromatic heterocycles. The minimum absolute atomic E-state index is 0.0449. The first-order valence-corrected chi connectivity index (χ1v) is 12.3. The molecule has 154 valence electrons. The van der Waals surface area contributed by atoms with Gasteiger partial charge < -0.3 is 9.47 Å². The van der Waals surface area contributed by atoms with Crippen LogP contribution in [0.25, 0.3) is 6.08 Å². The molecule has 3 nitrogen and oxygen atoms in total. The summed E-state index contributed by atoms with van der Waals surface area (Å²) in [5.41, 5.74) is 6.72. The Labute approximate surface area is 172 Å². The monoisotopic (exact) mass is 400 g/mol. The molecule has 1 rings (SSSR count). The van der Waals surface area contributed by atoms with Crippen molar-refractivity contribution < 1.29 is 14.3 Å². The number of methoxy groups -OCH3 is 1. The van der Waals surface area contributed by atoms with E-state index >= 15 is 0 Å². The lowest BCUT2D eigenvalue weighted by Crippen LogP contribution is -2.43. The molecule has 1 atom stereocenters. The van der Waals surface area contributed by atoms with Crippen LogP contribution < -0.4 is 0 Å². The molecule has 0 saturated heterocycles. The van der Waals surface area contributed by atoms with Crippen molar-refractivity contribution in [3.8, 4) is 11.5 Å². The van der Waals surface area contributed by atoms with E-state index in [0.717, 1.165) is 5.56 Å². The molecular weight excluding hydrogens is 364 g/mol. The van der Waals surface area contributed by atoms with E-state index in [1.807, 2.05) is 43.3 Å². The van der Waals surface area contributed by atoms with E-state index in [9.17, 15) is 4.79 Å². The molecule has 28 heavy (non-hydrogen) atoms. The van der Waals surface area contributed by atoms with E-state index in [0.29, 0.717) is 22.2 Å². The largest absolute Gasteiger partial charge is 0.359 e. The van der Waals surface area contributed by atoms with Crippen LogP contribution in [0.5, 0.6) is 0 Å². The van der Waals surface area contributed by atoms with Crippen LogP contribution in [0.15, 0.2) is 35.9 Å². The van der Waals surface area contributed by atoms with Gasteiger partial charge in [0.05, 0.1) is 0 Å². The lowest BCUT2D eigenvalue weighted by Gasteiger charge is -2.38. The van der Waals surface area contributed by atoms with Crippen molar-refractivity contribution in [3.05, 3.63) is 41.5 Å². The van der Waals surface area contributed by atoms with E-state index in [4.69, 9.17) is 9.47 Å². The van der Waals surface area contributed by atoms with Crippen LogP contribution in [0, 0.1) is 11.5 Å². The van der Waals surface area contributed by atoms with Gasteiger partial charge in [0.25, 0.3) is 0 Å². The third-order valence-electron chi connectivity index (χ3n) is 5.45. The molecule has 0 amide bonds. The van der Waals surface area contributed by atoms with Crippen molar-refractivity contribution in [2.75, 3.05) is 13.9 Å². The second-order valence-electron chi connectivity index (χ2n) is 8.22. The maximum atomic E-state index is 13.0. The van der Waals surface area contributed by atoms with Gasteiger partial charge in [-0.25, -0.2) is 0 Å². The van der Waals surface area contributed by atoms with Gasteiger partial charge in [0, 0.05) is 7.11 Å². The lowest BCUT2D eigenvalue weighted by atomic mass is 10.1. The Morgan fingerprint density at radius 1 is 1.04 bits per heavy atom. The average Bonchev–Trinajstić information content (AvgIpc) is 2.64. The number of benzene rings is 1. The Morgan fingerprint density at radius 3 is 2.04 bits per heavy atom. The van der Waals surface area contributed by atoms with E-state index in [1.54, 1.807) is 7.11 Å². The molecule has 0 spiro atoms. The topological polar surface area (TPSA) is 35.5 Å². The van der Waals surface area contributed by atoms with Crippen molar-refractivity contribution in [2.45, 2.75) is 71.2 Å². The summed E-state index contributed by atoms with van der Waals surface area (Å²) in [5, 5.41) is 0. The van der Waals surface area contributed by atoms with E-state index in [-0.39, 0.29) is 12.6 Å². The molecule has 0 heterocycles. The molecule has 1 aromatic carbocycles. The fourth-order valence-electron chi connectivity index (χ4n) is 4.02. The van der Waals surface area contributed by atoms with Crippen LogP contribution in [0.1, 0.15) is 54.0 Å². The Kier molecular flexibility index (Phi) is 9.88.